The van der Waals surface area contributed by atoms with Crippen LogP contribution in [0.25, 0.3) is 11.0 Å². The maximum atomic E-state index is 13.8. The van der Waals surface area contributed by atoms with Crippen molar-refractivity contribution in [2.45, 2.75) is 38.1 Å². The maximum absolute atomic E-state index is 13.8. The summed E-state index contributed by atoms with van der Waals surface area (Å²) in [6.45, 7) is 2.21. The van der Waals surface area contributed by atoms with Gasteiger partial charge in [0.1, 0.15) is 11.9 Å². The molecule has 37 heavy (non-hydrogen) atoms. The van der Waals surface area contributed by atoms with Crippen LogP contribution in [0.2, 0.25) is 5.02 Å². The summed E-state index contributed by atoms with van der Waals surface area (Å²) in [5.74, 6) is -0.290. The average Bonchev–Trinajstić information content (AvgIpc) is 3.25. The lowest BCUT2D eigenvalue weighted by atomic mass is 10.0. The Morgan fingerprint density at radius 2 is 1.76 bits per heavy atom. The number of rotatable bonds is 5. The fourth-order valence-corrected chi connectivity index (χ4v) is 4.83. The average molecular weight is 527 g/mol. The molecule has 0 unspecified atom stereocenters. The van der Waals surface area contributed by atoms with Gasteiger partial charge in [0.05, 0.1) is 39.8 Å². The molecule has 0 aliphatic carbocycles. The van der Waals surface area contributed by atoms with Crippen LogP contribution in [0, 0.1) is 0 Å². The van der Waals surface area contributed by atoms with E-state index in [0.29, 0.717) is 23.4 Å². The van der Waals surface area contributed by atoms with Gasteiger partial charge in [0.25, 0.3) is 0 Å². The number of hydrogen-bond donors (Lipinski definition) is 1. The van der Waals surface area contributed by atoms with E-state index in [4.69, 9.17) is 16.6 Å². The molecule has 2 heterocycles. The number of nitrogens with zero attached hydrogens (tertiary/aromatic N) is 3. The number of carbonyl (C=O) groups is 2. The third-order valence-electron chi connectivity index (χ3n) is 6.49. The van der Waals surface area contributed by atoms with Crippen LogP contribution in [-0.4, -0.2) is 26.3 Å². The van der Waals surface area contributed by atoms with Gasteiger partial charge in [-0.2, -0.15) is 13.2 Å². The zero-order chi connectivity index (χ0) is 26.3. The molecule has 2 amide bonds. The standard InChI is InChI=1S/C27H22ClF3N4O2/c1-16-25-33-20-9-5-6-10-22(20)35(25)23(26(37)34(16)15-17-7-3-2-4-8-17)14-24(36)32-21-13-18(27(29,30)31)11-12-19(21)28/h2-13,16,23H,14-15H2,1H3,(H,32,36)/t16-,23+/m1/s1. The van der Waals surface area contributed by atoms with Crippen molar-refractivity contribution in [2.75, 3.05) is 5.32 Å². The molecule has 1 aliphatic heterocycles. The Labute approximate surface area is 215 Å². The van der Waals surface area contributed by atoms with Gasteiger partial charge in [-0.3, -0.25) is 9.59 Å². The highest BCUT2D eigenvalue weighted by Crippen LogP contribution is 2.38. The van der Waals surface area contributed by atoms with E-state index in [-0.39, 0.29) is 29.1 Å². The Morgan fingerprint density at radius 1 is 1.05 bits per heavy atom. The van der Waals surface area contributed by atoms with Crippen molar-refractivity contribution in [3.05, 3.63) is 94.8 Å². The van der Waals surface area contributed by atoms with Gasteiger partial charge >= 0.3 is 6.18 Å². The van der Waals surface area contributed by atoms with Gasteiger partial charge in [-0.05, 0) is 42.8 Å². The van der Waals surface area contributed by atoms with Crippen molar-refractivity contribution in [1.82, 2.24) is 14.5 Å². The van der Waals surface area contributed by atoms with Crippen LogP contribution in [0.1, 0.15) is 42.4 Å². The Hall–Kier alpha value is -3.85. The van der Waals surface area contributed by atoms with Crippen molar-refractivity contribution < 1.29 is 22.8 Å². The Bertz CT molecular complexity index is 1490. The van der Waals surface area contributed by atoms with Crippen molar-refractivity contribution >= 4 is 40.1 Å². The zero-order valence-corrected chi connectivity index (χ0v) is 20.4. The second-order valence-corrected chi connectivity index (χ2v) is 9.32. The number of benzene rings is 3. The van der Waals surface area contributed by atoms with Crippen LogP contribution in [0.4, 0.5) is 18.9 Å². The highest BCUT2D eigenvalue weighted by molar-refractivity contribution is 6.33. The number of nitrogens with one attached hydrogen (secondary N) is 1. The Morgan fingerprint density at radius 3 is 2.49 bits per heavy atom. The third kappa shape index (κ3) is 4.79. The van der Waals surface area contributed by atoms with Crippen LogP contribution in [0.5, 0.6) is 0 Å². The van der Waals surface area contributed by atoms with E-state index >= 15 is 0 Å². The summed E-state index contributed by atoms with van der Waals surface area (Å²) >= 11 is 6.06. The van der Waals surface area contributed by atoms with Crippen LogP contribution >= 0.6 is 11.6 Å². The third-order valence-corrected chi connectivity index (χ3v) is 6.82. The lowest BCUT2D eigenvalue weighted by Crippen LogP contribution is -2.45. The normalized spacial score (nSPS) is 17.6. The number of amides is 2. The van der Waals surface area contributed by atoms with E-state index < -0.39 is 23.7 Å². The summed E-state index contributed by atoms with van der Waals surface area (Å²) in [5.41, 5.74) is 1.20. The molecule has 10 heteroatoms. The smallest absolute Gasteiger partial charge is 0.327 e. The van der Waals surface area contributed by atoms with Crippen LogP contribution in [0.15, 0.2) is 72.8 Å². The zero-order valence-electron chi connectivity index (χ0n) is 19.7. The number of imidazole rings is 1. The largest absolute Gasteiger partial charge is 0.416 e. The molecule has 1 aromatic heterocycles. The number of carbonyl (C=O) groups excluding carboxylic acids is 2. The van der Waals surface area contributed by atoms with Gasteiger partial charge in [0.15, 0.2) is 0 Å². The molecule has 0 radical (unpaired) electrons. The lowest BCUT2D eigenvalue weighted by molar-refractivity contribution is -0.142. The molecule has 0 fully saturated rings. The van der Waals surface area contributed by atoms with E-state index in [1.54, 1.807) is 9.47 Å². The number of para-hydroxylation sites is 2. The molecule has 0 spiro atoms. The molecule has 6 nitrogen and oxygen atoms in total. The van der Waals surface area contributed by atoms with Crippen LogP contribution in [0.3, 0.4) is 0 Å². The monoisotopic (exact) mass is 526 g/mol. The highest BCUT2D eigenvalue weighted by atomic mass is 35.5. The summed E-state index contributed by atoms with van der Waals surface area (Å²) in [5, 5.41) is 2.42. The Kier molecular flexibility index (Phi) is 6.41. The minimum atomic E-state index is -4.60. The van der Waals surface area contributed by atoms with E-state index in [9.17, 15) is 22.8 Å². The fourth-order valence-electron chi connectivity index (χ4n) is 4.67. The number of aromatic nitrogens is 2. The molecule has 0 bridgehead atoms. The summed E-state index contributed by atoms with van der Waals surface area (Å²) in [4.78, 5) is 33.3. The number of anilines is 1. The van der Waals surface area contributed by atoms with Crippen molar-refractivity contribution in [1.29, 1.82) is 0 Å². The first kappa shape index (κ1) is 24.8. The first-order valence-electron chi connectivity index (χ1n) is 11.6. The van der Waals surface area contributed by atoms with Crippen molar-refractivity contribution in [3.8, 4) is 0 Å². The second kappa shape index (κ2) is 9.55. The summed E-state index contributed by atoms with van der Waals surface area (Å²) < 4.78 is 41.3. The first-order valence-corrected chi connectivity index (χ1v) is 12.0. The van der Waals surface area contributed by atoms with Gasteiger partial charge in [-0.1, -0.05) is 54.1 Å². The van der Waals surface area contributed by atoms with Gasteiger partial charge in [-0.15, -0.1) is 0 Å². The van der Waals surface area contributed by atoms with E-state index in [2.05, 4.69) is 5.32 Å². The number of hydrogen-bond acceptors (Lipinski definition) is 3. The maximum Gasteiger partial charge on any atom is 0.416 e. The SMILES string of the molecule is C[C@@H]1c2nc3ccccc3n2[C@@H](CC(=O)Nc2cc(C(F)(F)F)ccc2Cl)C(=O)N1Cc1ccccc1. The second-order valence-electron chi connectivity index (χ2n) is 8.92. The molecule has 5 rings (SSSR count). The molecular formula is C27H22ClF3N4O2. The first-order chi connectivity index (χ1) is 17.6. The Balaban J connectivity index is 1.49. The predicted molar refractivity (Wildman–Crippen MR) is 134 cm³/mol. The molecular weight excluding hydrogens is 505 g/mol. The minimum absolute atomic E-state index is 0.0376. The molecule has 0 saturated heterocycles. The van der Waals surface area contributed by atoms with Gasteiger partial charge in [0, 0.05) is 6.54 Å². The van der Waals surface area contributed by atoms with Crippen LogP contribution in [-0.2, 0) is 22.3 Å². The van der Waals surface area contributed by atoms with Crippen molar-refractivity contribution in [2.24, 2.45) is 0 Å². The highest BCUT2D eigenvalue weighted by Gasteiger charge is 2.40. The van der Waals surface area contributed by atoms with E-state index in [1.165, 1.54) is 0 Å². The number of alkyl halides is 3. The lowest BCUT2D eigenvalue weighted by Gasteiger charge is -2.38. The quantitative estimate of drug-likeness (QED) is 0.328. The van der Waals surface area contributed by atoms with Gasteiger partial charge in [0.2, 0.25) is 11.8 Å². The summed E-state index contributed by atoms with van der Waals surface area (Å²) in [6.07, 6.45) is -4.90. The summed E-state index contributed by atoms with van der Waals surface area (Å²) in [6, 6.07) is 18.2. The molecule has 4 aromatic rings. The van der Waals surface area contributed by atoms with Crippen molar-refractivity contribution in [3.63, 3.8) is 0 Å². The van der Waals surface area contributed by atoms with E-state index in [0.717, 1.165) is 23.8 Å². The van der Waals surface area contributed by atoms with Gasteiger partial charge in [-0.25, -0.2) is 4.98 Å². The predicted octanol–water partition coefficient (Wildman–Crippen LogP) is 6.38. The molecule has 0 saturated carbocycles. The number of halogens is 4. The van der Waals surface area contributed by atoms with Gasteiger partial charge < -0.3 is 14.8 Å². The molecule has 1 N–H and O–H groups in total. The minimum Gasteiger partial charge on any atom is -0.327 e. The molecule has 2 atom stereocenters. The fraction of sp³-hybridized carbons (Fsp3) is 0.222. The van der Waals surface area contributed by atoms with Crippen LogP contribution < -0.4 is 5.32 Å². The molecule has 3 aromatic carbocycles. The topological polar surface area (TPSA) is 67.2 Å². The molecule has 190 valence electrons. The summed E-state index contributed by atoms with van der Waals surface area (Å²) in [7, 11) is 0. The molecule has 1 aliphatic rings. The number of fused-ring (bicyclic) bond motifs is 3. The van der Waals surface area contributed by atoms with E-state index in [1.807, 2.05) is 61.5 Å².